The zero-order chi connectivity index (χ0) is 44.8. The summed E-state index contributed by atoms with van der Waals surface area (Å²) >= 11 is 0. The van der Waals surface area contributed by atoms with Crippen LogP contribution in [0.5, 0.6) is 0 Å². The number of ketones is 1. The molecular formula is C54H80O6. The lowest BCUT2D eigenvalue weighted by atomic mass is 9.64. The largest absolute Gasteiger partial charge is 0.458 e. The van der Waals surface area contributed by atoms with Crippen molar-refractivity contribution in [2.75, 3.05) is 6.61 Å². The molecule has 0 saturated carbocycles. The van der Waals surface area contributed by atoms with E-state index in [9.17, 15) is 24.9 Å². The number of aliphatic hydroxyl groups is 3. The van der Waals surface area contributed by atoms with E-state index < -0.39 is 29.2 Å². The van der Waals surface area contributed by atoms with Gasteiger partial charge in [0.2, 0.25) is 0 Å². The van der Waals surface area contributed by atoms with E-state index in [2.05, 4.69) is 20.8 Å². The Labute approximate surface area is 364 Å². The summed E-state index contributed by atoms with van der Waals surface area (Å²) in [6, 6.07) is 0. The van der Waals surface area contributed by atoms with E-state index >= 15 is 0 Å². The van der Waals surface area contributed by atoms with Gasteiger partial charge in [-0.25, -0.2) is 4.79 Å². The number of ether oxygens (including phenoxy) is 1. The van der Waals surface area contributed by atoms with Crippen molar-refractivity contribution in [1.29, 1.82) is 0 Å². The third kappa shape index (κ3) is 18.8. The summed E-state index contributed by atoms with van der Waals surface area (Å²) in [5.41, 5.74) is 4.46. The molecule has 0 aromatic carbocycles. The van der Waals surface area contributed by atoms with E-state index in [1.165, 1.54) is 51.0 Å². The fraction of sp³-hybridized carbons (Fsp3) is 0.556. The van der Waals surface area contributed by atoms with Crippen molar-refractivity contribution in [3.05, 3.63) is 130 Å². The molecule has 0 amide bonds. The third-order valence-electron chi connectivity index (χ3n) is 12.0. The average Bonchev–Trinajstić information content (AvgIpc) is 3.16. The van der Waals surface area contributed by atoms with Crippen molar-refractivity contribution >= 4 is 11.8 Å². The molecule has 60 heavy (non-hydrogen) atoms. The summed E-state index contributed by atoms with van der Waals surface area (Å²) in [7, 11) is 0. The zero-order valence-corrected chi connectivity index (χ0v) is 39.0. The fourth-order valence-electron chi connectivity index (χ4n) is 8.22. The molecule has 2 aliphatic rings. The molecule has 3 N–H and O–H groups in total. The lowest BCUT2D eigenvalue weighted by molar-refractivity contribution is -0.137. The van der Waals surface area contributed by atoms with Crippen molar-refractivity contribution in [1.82, 2.24) is 0 Å². The molecule has 0 radical (unpaired) electrons. The number of hydrogen-bond donors (Lipinski definition) is 3. The maximum absolute atomic E-state index is 13.7. The van der Waals surface area contributed by atoms with Gasteiger partial charge in [-0.3, -0.25) is 4.79 Å². The summed E-state index contributed by atoms with van der Waals surface area (Å²) < 4.78 is 5.59. The van der Waals surface area contributed by atoms with Gasteiger partial charge >= 0.3 is 5.97 Å². The molecule has 6 heteroatoms. The van der Waals surface area contributed by atoms with Gasteiger partial charge in [0.25, 0.3) is 0 Å². The number of allylic oxidation sites excluding steroid dienone is 16. The third-order valence-corrected chi connectivity index (χ3v) is 12.0. The highest BCUT2D eigenvalue weighted by atomic mass is 16.5. The second kappa shape index (κ2) is 26.5. The molecule has 0 aliphatic heterocycles. The SMILES string of the molecule is CCCCCCCCCCC/C=C/C(=O)OC\C(=C/C=C/C(C)=C/C=C/C=C(C)/C=C/C=C(C)/C=C/[C@@]1(O)C(C)=C[C@H](O)CC1(C)C)C(=O)CC1=C(C)C[C@@H](O)CC1(C)C. The van der Waals surface area contributed by atoms with E-state index in [-0.39, 0.29) is 24.2 Å². The maximum Gasteiger partial charge on any atom is 0.330 e. The minimum absolute atomic E-state index is 0.0836. The van der Waals surface area contributed by atoms with Crippen LogP contribution < -0.4 is 0 Å². The van der Waals surface area contributed by atoms with Gasteiger partial charge in [0.15, 0.2) is 5.78 Å². The van der Waals surface area contributed by atoms with Crippen LogP contribution in [0, 0.1) is 10.8 Å². The zero-order valence-electron chi connectivity index (χ0n) is 39.0. The van der Waals surface area contributed by atoms with Gasteiger partial charge in [-0.05, 0) is 83.8 Å². The molecular weight excluding hydrogens is 745 g/mol. The van der Waals surface area contributed by atoms with Gasteiger partial charge in [0, 0.05) is 23.5 Å². The second-order valence-corrected chi connectivity index (χ2v) is 18.6. The predicted molar refractivity (Wildman–Crippen MR) is 252 cm³/mol. The molecule has 0 saturated heterocycles. The number of carbonyl (C=O) groups excluding carboxylic acids is 2. The smallest absolute Gasteiger partial charge is 0.330 e. The summed E-state index contributed by atoms with van der Waals surface area (Å²) in [6.07, 6.45) is 41.4. The van der Waals surface area contributed by atoms with Crippen LogP contribution in [0.2, 0.25) is 0 Å². The number of aliphatic hydroxyl groups excluding tert-OH is 2. The van der Waals surface area contributed by atoms with Crippen LogP contribution in [-0.4, -0.2) is 51.5 Å². The average molecular weight is 825 g/mol. The number of unbranched alkanes of at least 4 members (excludes halogenated alkanes) is 9. The first-order valence-electron chi connectivity index (χ1n) is 22.6. The quantitative estimate of drug-likeness (QED) is 0.0294. The van der Waals surface area contributed by atoms with E-state index in [1.54, 1.807) is 12.2 Å². The van der Waals surface area contributed by atoms with Gasteiger partial charge in [-0.1, -0.05) is 193 Å². The number of esters is 1. The van der Waals surface area contributed by atoms with Crippen molar-refractivity contribution in [2.45, 2.75) is 177 Å². The Hall–Kier alpha value is -3.84. The first-order chi connectivity index (χ1) is 28.3. The molecule has 2 rings (SSSR count). The first-order valence-corrected chi connectivity index (χ1v) is 22.6. The summed E-state index contributed by atoms with van der Waals surface area (Å²) in [6.45, 7) is 20.1. The van der Waals surface area contributed by atoms with Gasteiger partial charge < -0.3 is 20.1 Å². The molecule has 0 aromatic rings. The van der Waals surface area contributed by atoms with E-state index in [1.807, 2.05) is 121 Å². The van der Waals surface area contributed by atoms with Crippen molar-refractivity contribution in [2.24, 2.45) is 10.8 Å². The topological polar surface area (TPSA) is 104 Å². The summed E-state index contributed by atoms with van der Waals surface area (Å²) in [5, 5.41) is 31.9. The molecule has 0 heterocycles. The Balaban J connectivity index is 2.04. The maximum atomic E-state index is 13.7. The van der Waals surface area contributed by atoms with Crippen LogP contribution in [0.4, 0.5) is 0 Å². The van der Waals surface area contributed by atoms with Crippen molar-refractivity contribution < 1.29 is 29.6 Å². The van der Waals surface area contributed by atoms with Crippen LogP contribution in [0.25, 0.3) is 0 Å². The van der Waals surface area contributed by atoms with Gasteiger partial charge in [-0.15, -0.1) is 0 Å². The van der Waals surface area contributed by atoms with Crippen LogP contribution in [0.1, 0.15) is 159 Å². The Bertz CT molecular complexity index is 1750. The highest BCUT2D eigenvalue weighted by molar-refractivity contribution is 5.98. The van der Waals surface area contributed by atoms with Gasteiger partial charge in [0.1, 0.15) is 12.2 Å². The normalized spacial score (nSPS) is 23.2. The molecule has 0 aromatic heterocycles. The Morgan fingerprint density at radius 3 is 1.88 bits per heavy atom. The van der Waals surface area contributed by atoms with E-state index in [0.29, 0.717) is 24.8 Å². The number of Topliss-reactive ketones (excluding diaryl/α,β-unsaturated/α-hetero) is 1. The summed E-state index contributed by atoms with van der Waals surface area (Å²) in [4.78, 5) is 26.4. The highest BCUT2D eigenvalue weighted by Gasteiger charge is 2.46. The van der Waals surface area contributed by atoms with Gasteiger partial charge in [-0.2, -0.15) is 0 Å². The lowest BCUT2D eigenvalue weighted by Crippen LogP contribution is -2.48. The number of carbonyl (C=O) groups is 2. The number of hydrogen-bond acceptors (Lipinski definition) is 6. The van der Waals surface area contributed by atoms with Crippen LogP contribution in [0.3, 0.4) is 0 Å². The van der Waals surface area contributed by atoms with Crippen LogP contribution in [0.15, 0.2) is 130 Å². The monoisotopic (exact) mass is 825 g/mol. The second-order valence-electron chi connectivity index (χ2n) is 18.6. The molecule has 332 valence electrons. The molecule has 0 unspecified atom stereocenters. The van der Waals surface area contributed by atoms with Crippen LogP contribution in [-0.2, 0) is 14.3 Å². The summed E-state index contributed by atoms with van der Waals surface area (Å²) in [5.74, 6) is -0.527. The number of rotatable bonds is 24. The van der Waals surface area contributed by atoms with Crippen LogP contribution >= 0.6 is 0 Å². The van der Waals surface area contributed by atoms with Gasteiger partial charge in [0.05, 0.1) is 12.2 Å². The minimum Gasteiger partial charge on any atom is -0.458 e. The van der Waals surface area contributed by atoms with Crippen molar-refractivity contribution in [3.8, 4) is 0 Å². The molecule has 3 atom stereocenters. The molecule has 6 nitrogen and oxygen atoms in total. The minimum atomic E-state index is -1.12. The molecule has 0 bridgehead atoms. The predicted octanol–water partition coefficient (Wildman–Crippen LogP) is 12.9. The highest BCUT2D eigenvalue weighted by Crippen LogP contribution is 2.45. The van der Waals surface area contributed by atoms with E-state index in [4.69, 9.17) is 4.74 Å². The Morgan fingerprint density at radius 1 is 0.750 bits per heavy atom. The van der Waals surface area contributed by atoms with E-state index in [0.717, 1.165) is 52.7 Å². The standard InChI is InChI=1S/C54H80O6/c1-11-12-13-14-15-16-17-18-19-20-21-32-51(58)60-40-46(50(57)37-49-44(5)35-47(55)38-52(49,7)8)31-25-30-42(3)27-23-22-26-41(2)28-24-29-43(4)33-34-54(59)45(6)36-48(56)39-53(54,9)10/h21-34,36,47-48,55-56,59H,11-20,35,37-40H2,1-10H3/b23-22+,28-24+,30-25+,32-21+,34-33+,41-26+,42-27+,43-29+,46-31+/t47-,48+,54-/m1/s1. The Morgan fingerprint density at radius 2 is 1.30 bits per heavy atom. The molecule has 2 aliphatic carbocycles. The Kier molecular flexibility index (Phi) is 23.1. The first kappa shape index (κ1) is 52.3. The molecule has 0 fully saturated rings. The van der Waals surface area contributed by atoms with Crippen molar-refractivity contribution in [3.63, 3.8) is 0 Å². The molecule has 0 spiro atoms. The lowest BCUT2D eigenvalue weighted by Gasteiger charge is -2.46. The fourth-order valence-corrected chi connectivity index (χ4v) is 8.22.